The van der Waals surface area contributed by atoms with Crippen molar-refractivity contribution in [1.82, 2.24) is 5.32 Å². The number of amides is 1. The Morgan fingerprint density at radius 1 is 0.400 bits per heavy atom. The van der Waals surface area contributed by atoms with Crippen molar-refractivity contribution in [1.29, 1.82) is 0 Å². The maximum absolute atomic E-state index is 12.5. The average molecular weight is 981 g/mol. The summed E-state index contributed by atoms with van der Waals surface area (Å²) in [5, 5.41) is 23.1. The molecule has 0 aliphatic carbocycles. The molecule has 70 heavy (non-hydrogen) atoms. The Kier molecular flexibility index (Phi) is 57.1. The Bertz CT molecular complexity index is 1220. The summed E-state index contributed by atoms with van der Waals surface area (Å²) in [5.74, 6) is -0.174. The molecule has 6 nitrogen and oxygen atoms in total. The Balaban J connectivity index is 3.57. The van der Waals surface area contributed by atoms with E-state index >= 15 is 0 Å². The van der Waals surface area contributed by atoms with Gasteiger partial charge in [-0.15, -0.1) is 0 Å². The van der Waals surface area contributed by atoms with E-state index in [9.17, 15) is 19.8 Å². The molecule has 6 heteroatoms. The van der Waals surface area contributed by atoms with E-state index in [1.807, 2.05) is 12.2 Å². The molecule has 0 heterocycles. The van der Waals surface area contributed by atoms with Gasteiger partial charge < -0.3 is 20.3 Å². The molecule has 0 aromatic carbocycles. The molecule has 0 aromatic heterocycles. The number of unbranched alkanes of at least 4 members (excludes halogenated alkanes) is 37. The highest BCUT2D eigenvalue weighted by molar-refractivity contribution is 5.76. The number of carbonyl (C=O) groups excluding carboxylic acids is 2. The molecular weight excluding hydrogens is 863 g/mol. The molecule has 0 radical (unpaired) electrons. The summed E-state index contributed by atoms with van der Waals surface area (Å²) in [6.45, 7) is 4.83. The molecule has 3 N–H and O–H groups in total. The molecule has 408 valence electrons. The first-order valence-corrected chi connectivity index (χ1v) is 30.6. The molecule has 0 aromatic rings. The van der Waals surface area contributed by atoms with Crippen LogP contribution in [0.4, 0.5) is 0 Å². The largest absolute Gasteiger partial charge is 0.466 e. The first-order chi connectivity index (χ1) is 34.5. The smallest absolute Gasteiger partial charge is 0.305 e. The Labute approximate surface area is 435 Å². The van der Waals surface area contributed by atoms with Gasteiger partial charge in [-0.2, -0.15) is 0 Å². The van der Waals surface area contributed by atoms with Crippen LogP contribution < -0.4 is 5.32 Å². The molecule has 0 aliphatic rings. The maximum atomic E-state index is 12.5. The van der Waals surface area contributed by atoms with Crippen LogP contribution in [-0.2, 0) is 14.3 Å². The number of allylic oxidation sites excluding steroid dienone is 9. The minimum Gasteiger partial charge on any atom is -0.466 e. The second-order valence-corrected chi connectivity index (χ2v) is 20.7. The van der Waals surface area contributed by atoms with Crippen LogP contribution in [0.15, 0.2) is 60.8 Å². The van der Waals surface area contributed by atoms with Gasteiger partial charge in [0.2, 0.25) is 5.91 Å². The zero-order valence-corrected chi connectivity index (χ0v) is 46.5. The van der Waals surface area contributed by atoms with E-state index in [1.54, 1.807) is 6.08 Å². The van der Waals surface area contributed by atoms with E-state index in [1.165, 1.54) is 218 Å². The lowest BCUT2D eigenvalue weighted by Crippen LogP contribution is -2.45. The fourth-order valence-electron chi connectivity index (χ4n) is 9.07. The predicted octanol–water partition coefficient (Wildman–Crippen LogP) is 19.1. The van der Waals surface area contributed by atoms with Crippen LogP contribution in [0.25, 0.3) is 0 Å². The number of rotatable bonds is 56. The summed E-state index contributed by atoms with van der Waals surface area (Å²) < 4.78 is 5.47. The first-order valence-electron chi connectivity index (χ1n) is 30.6. The second kappa shape index (κ2) is 59.1. The number of aliphatic hydroxyl groups is 2. The highest BCUT2D eigenvalue weighted by Gasteiger charge is 2.17. The van der Waals surface area contributed by atoms with E-state index in [0.717, 1.165) is 57.8 Å². The van der Waals surface area contributed by atoms with E-state index in [0.29, 0.717) is 25.9 Å². The first kappa shape index (κ1) is 67.6. The molecule has 1 amide bonds. The van der Waals surface area contributed by atoms with Gasteiger partial charge in [-0.05, 0) is 83.5 Å². The third-order valence-corrected chi connectivity index (χ3v) is 13.8. The number of nitrogens with one attached hydrogen (secondary N) is 1. The molecular formula is C64H117NO5. The van der Waals surface area contributed by atoms with Gasteiger partial charge >= 0.3 is 5.97 Å². The van der Waals surface area contributed by atoms with Crippen LogP contribution in [0.2, 0.25) is 0 Å². The number of aliphatic hydroxyl groups excluding tert-OH is 2. The van der Waals surface area contributed by atoms with Crippen molar-refractivity contribution < 1.29 is 24.5 Å². The van der Waals surface area contributed by atoms with Crippen molar-refractivity contribution in [3.05, 3.63) is 60.8 Å². The molecule has 0 saturated heterocycles. The standard InChI is InChI=1S/C64H117NO5/c1-3-5-7-9-11-13-15-17-19-21-23-24-25-26-27-29-32-36-40-44-48-52-56-62(67)61(60-66)65-63(68)57-53-49-45-41-37-33-31-35-39-43-47-51-55-59-70-64(69)58-54-50-46-42-38-34-30-28-22-20-18-16-14-12-10-8-6-4-2/h14,16,20,22,33,37,45,49,52,56,61-62,66-67H,3-13,15,17-19,21,23-32,34-36,38-44,46-48,50-51,53-55,57-60H2,1-2H3,(H,65,68)/b16-14-,22-20-,37-33-,49-45-,56-52+. The van der Waals surface area contributed by atoms with Gasteiger partial charge in [0.15, 0.2) is 0 Å². The van der Waals surface area contributed by atoms with Crippen LogP contribution in [0.3, 0.4) is 0 Å². The fourth-order valence-corrected chi connectivity index (χ4v) is 9.07. The van der Waals surface area contributed by atoms with Gasteiger partial charge in [0.05, 0.1) is 25.4 Å². The minimum absolute atomic E-state index is 0.0260. The van der Waals surface area contributed by atoms with Crippen molar-refractivity contribution in [2.75, 3.05) is 13.2 Å². The molecule has 0 bridgehead atoms. The van der Waals surface area contributed by atoms with Crippen molar-refractivity contribution in [2.24, 2.45) is 0 Å². The summed E-state index contributed by atoms with van der Waals surface area (Å²) >= 11 is 0. The summed E-state index contributed by atoms with van der Waals surface area (Å²) in [7, 11) is 0. The highest BCUT2D eigenvalue weighted by atomic mass is 16.5. The van der Waals surface area contributed by atoms with Crippen LogP contribution in [0.5, 0.6) is 0 Å². The molecule has 0 spiro atoms. The zero-order chi connectivity index (χ0) is 50.7. The van der Waals surface area contributed by atoms with E-state index < -0.39 is 12.1 Å². The zero-order valence-electron chi connectivity index (χ0n) is 46.5. The average Bonchev–Trinajstić information content (AvgIpc) is 3.36. The Morgan fingerprint density at radius 3 is 1.13 bits per heavy atom. The van der Waals surface area contributed by atoms with E-state index in [4.69, 9.17) is 4.74 Å². The fraction of sp³-hybridized carbons (Fsp3) is 0.812. The lowest BCUT2D eigenvalue weighted by atomic mass is 10.0. The third kappa shape index (κ3) is 54.9. The maximum Gasteiger partial charge on any atom is 0.305 e. The highest BCUT2D eigenvalue weighted by Crippen LogP contribution is 2.16. The van der Waals surface area contributed by atoms with Gasteiger partial charge in [-0.3, -0.25) is 9.59 Å². The molecule has 2 atom stereocenters. The quantitative estimate of drug-likeness (QED) is 0.0321. The summed E-state index contributed by atoms with van der Waals surface area (Å²) in [5.41, 5.74) is 0. The molecule has 2 unspecified atom stereocenters. The number of hydrogen-bond donors (Lipinski definition) is 3. The Hall–Kier alpha value is -2.44. The van der Waals surface area contributed by atoms with Crippen molar-refractivity contribution in [3.8, 4) is 0 Å². The summed E-state index contributed by atoms with van der Waals surface area (Å²) in [6.07, 6.45) is 76.9. The number of carbonyl (C=O) groups is 2. The van der Waals surface area contributed by atoms with E-state index in [2.05, 4.69) is 61.7 Å². The van der Waals surface area contributed by atoms with Gasteiger partial charge in [0.25, 0.3) is 0 Å². The lowest BCUT2D eigenvalue weighted by Gasteiger charge is -2.19. The van der Waals surface area contributed by atoms with Crippen LogP contribution in [0.1, 0.15) is 309 Å². The van der Waals surface area contributed by atoms with E-state index in [-0.39, 0.29) is 18.5 Å². The van der Waals surface area contributed by atoms with Crippen molar-refractivity contribution in [2.45, 2.75) is 321 Å². The molecule has 0 saturated carbocycles. The monoisotopic (exact) mass is 980 g/mol. The molecule has 0 rings (SSSR count). The van der Waals surface area contributed by atoms with Gasteiger partial charge in [0.1, 0.15) is 0 Å². The number of esters is 1. The normalized spacial score (nSPS) is 13.0. The lowest BCUT2D eigenvalue weighted by molar-refractivity contribution is -0.143. The van der Waals surface area contributed by atoms with Crippen LogP contribution in [-0.4, -0.2) is 47.4 Å². The van der Waals surface area contributed by atoms with Gasteiger partial charge in [-0.1, -0.05) is 274 Å². The SMILES string of the molecule is CCCCCC/C=C\C/C=C\CCCCCCCCCC(=O)OCCCCCCCC/C=C\C/C=C\CCC(=O)NC(CO)C(O)/C=C/CCCCCCCCCCCCCCCCCCCCCC. The van der Waals surface area contributed by atoms with Crippen molar-refractivity contribution >= 4 is 11.9 Å². The topological polar surface area (TPSA) is 95.9 Å². The predicted molar refractivity (Wildman–Crippen MR) is 305 cm³/mol. The van der Waals surface area contributed by atoms with Crippen LogP contribution in [0, 0.1) is 0 Å². The van der Waals surface area contributed by atoms with Gasteiger partial charge in [-0.25, -0.2) is 0 Å². The van der Waals surface area contributed by atoms with Crippen LogP contribution >= 0.6 is 0 Å². The number of ether oxygens (including phenoxy) is 1. The second-order valence-electron chi connectivity index (χ2n) is 20.7. The minimum atomic E-state index is -0.882. The summed E-state index contributed by atoms with van der Waals surface area (Å²) in [4.78, 5) is 24.5. The number of hydrogen-bond acceptors (Lipinski definition) is 5. The Morgan fingerprint density at radius 2 is 0.729 bits per heavy atom. The van der Waals surface area contributed by atoms with Crippen molar-refractivity contribution in [3.63, 3.8) is 0 Å². The van der Waals surface area contributed by atoms with Gasteiger partial charge in [0, 0.05) is 12.8 Å². The molecule has 0 fully saturated rings. The third-order valence-electron chi connectivity index (χ3n) is 13.8. The molecule has 0 aliphatic heterocycles. The summed E-state index contributed by atoms with van der Waals surface area (Å²) in [6, 6.07) is -0.675.